The SMILES string of the molecule is CC(=O)N1CCC(Oc2cccc3nc(NC(=O)c4cccc(C)c4)n(C4CCCCNC4)c23)CC1.CCN1CCC(Oc2cccc3nc(NC(=O)c4cccc(C)c4)n(C4CCCCNC4)c23)CC1.Cc1cccc(C(=O)Nc2nc3cc(C)cc(Cl)c3n2C2CCCCNC2)c1.Cc1cccc(C(=O)Nc2nc3cccc(OC4CCNCC4)c3n2C2CCCCNC2)c1. The number of anilines is 4. The molecular weight excluding hydrogens is 1680 g/mol. The van der Waals surface area contributed by atoms with Gasteiger partial charge in [0.05, 0.1) is 32.6 Å². The Morgan fingerprint density at radius 3 is 0.985 bits per heavy atom. The van der Waals surface area contributed by atoms with Gasteiger partial charge in [0.2, 0.25) is 29.7 Å². The number of rotatable bonds is 19. The first-order valence-electron chi connectivity index (χ1n) is 48.1. The molecule has 5 amide bonds. The van der Waals surface area contributed by atoms with Gasteiger partial charge in [0.25, 0.3) is 23.6 Å². The molecule has 132 heavy (non-hydrogen) atoms. The van der Waals surface area contributed by atoms with Gasteiger partial charge in [-0.15, -0.1) is 0 Å². The van der Waals surface area contributed by atoms with Gasteiger partial charge in [-0.3, -0.25) is 45.2 Å². The Balaban J connectivity index is 0.000000129. The van der Waals surface area contributed by atoms with Crippen LogP contribution in [0.1, 0.15) is 223 Å². The van der Waals surface area contributed by atoms with Crippen molar-refractivity contribution < 1.29 is 38.2 Å². The lowest BCUT2D eigenvalue weighted by Crippen LogP contribution is -2.40. The summed E-state index contributed by atoms with van der Waals surface area (Å²) >= 11 is 6.62. The lowest BCUT2D eigenvalue weighted by atomic mass is 10.1. The number of benzene rings is 8. The molecule has 7 aliphatic rings. The van der Waals surface area contributed by atoms with Crippen LogP contribution < -0.4 is 62.1 Å². The van der Waals surface area contributed by atoms with Crippen LogP contribution in [0.2, 0.25) is 5.02 Å². The molecule has 0 spiro atoms. The van der Waals surface area contributed by atoms with Crippen molar-refractivity contribution in [1.82, 2.24) is 74.6 Å². The van der Waals surface area contributed by atoms with E-state index in [1.165, 1.54) is 0 Å². The summed E-state index contributed by atoms with van der Waals surface area (Å²) in [4.78, 5) is 87.9. The van der Waals surface area contributed by atoms with Crippen LogP contribution in [0.25, 0.3) is 44.1 Å². The molecule has 696 valence electrons. The van der Waals surface area contributed by atoms with E-state index in [9.17, 15) is 24.0 Å². The van der Waals surface area contributed by atoms with E-state index in [1.807, 2.05) is 197 Å². The van der Waals surface area contributed by atoms with Crippen molar-refractivity contribution in [2.45, 2.75) is 207 Å². The van der Waals surface area contributed by atoms with Gasteiger partial charge in [0.15, 0.2) is 0 Å². The number of imidazole rings is 4. The third-order valence-electron chi connectivity index (χ3n) is 26.5. The van der Waals surface area contributed by atoms with E-state index in [2.05, 4.69) is 84.0 Å². The van der Waals surface area contributed by atoms with Crippen molar-refractivity contribution >= 4 is 109 Å². The van der Waals surface area contributed by atoms with Crippen LogP contribution in [0.3, 0.4) is 0 Å². The first-order valence-corrected chi connectivity index (χ1v) is 48.5. The number of aromatic nitrogens is 8. The number of hydrogen-bond donors (Lipinski definition) is 9. The predicted molar refractivity (Wildman–Crippen MR) is 526 cm³/mol. The van der Waals surface area contributed by atoms with Crippen molar-refractivity contribution in [2.24, 2.45) is 0 Å². The fraction of sp³-hybridized carbons (Fsp3) is 0.452. The first-order chi connectivity index (χ1) is 64.3. The maximum absolute atomic E-state index is 13.2. The second-order valence-electron chi connectivity index (χ2n) is 36.6. The lowest BCUT2D eigenvalue weighted by Gasteiger charge is -2.31. The molecule has 0 radical (unpaired) electrons. The Kier molecular flexibility index (Phi) is 31.8. The first kappa shape index (κ1) is 93.7. The van der Waals surface area contributed by atoms with E-state index < -0.39 is 0 Å². The molecule has 0 aliphatic carbocycles. The van der Waals surface area contributed by atoms with E-state index >= 15 is 0 Å². The number of ether oxygens (including phenoxy) is 3. The highest BCUT2D eigenvalue weighted by Gasteiger charge is 2.33. The number of carbonyl (C=O) groups excluding carboxylic acids is 5. The number of likely N-dealkylation sites (tertiary alicyclic amines) is 2. The summed E-state index contributed by atoms with van der Waals surface area (Å²) in [5, 5.41) is 30.6. The molecule has 27 nitrogen and oxygen atoms in total. The van der Waals surface area contributed by atoms with Gasteiger partial charge in [-0.05, 0) is 260 Å². The molecule has 0 bridgehead atoms. The Hall–Kier alpha value is -11.6. The van der Waals surface area contributed by atoms with Crippen molar-refractivity contribution in [3.8, 4) is 17.2 Å². The van der Waals surface area contributed by atoms with Gasteiger partial charge >= 0.3 is 0 Å². The molecule has 0 saturated carbocycles. The molecule has 9 N–H and O–H groups in total. The summed E-state index contributed by atoms with van der Waals surface area (Å²) in [6.45, 7) is 27.8. The van der Waals surface area contributed by atoms with Crippen LogP contribution in [0.4, 0.5) is 23.8 Å². The maximum Gasteiger partial charge on any atom is 0.257 e. The monoisotopic (exact) mass is 1810 g/mol. The van der Waals surface area contributed by atoms with Crippen molar-refractivity contribution in [1.29, 1.82) is 0 Å². The van der Waals surface area contributed by atoms with Crippen molar-refractivity contribution in [3.05, 3.63) is 219 Å². The maximum atomic E-state index is 13.2. The van der Waals surface area contributed by atoms with E-state index in [0.29, 0.717) is 64.2 Å². The molecule has 28 heteroatoms. The number of halogens is 1. The van der Waals surface area contributed by atoms with Crippen LogP contribution >= 0.6 is 11.6 Å². The van der Waals surface area contributed by atoms with Crippen LogP contribution in [0, 0.1) is 34.6 Å². The second kappa shape index (κ2) is 44.8. The van der Waals surface area contributed by atoms with E-state index in [-0.39, 0.29) is 72.0 Å². The van der Waals surface area contributed by atoms with Crippen LogP contribution in [0.15, 0.2) is 164 Å². The summed E-state index contributed by atoms with van der Waals surface area (Å²) < 4.78 is 28.4. The van der Waals surface area contributed by atoms with Crippen molar-refractivity contribution in [3.63, 3.8) is 0 Å². The molecule has 19 rings (SSSR count). The average Bonchev–Trinajstić information content (AvgIpc) is 1.63. The third kappa shape index (κ3) is 23.4. The fourth-order valence-corrected chi connectivity index (χ4v) is 19.9. The van der Waals surface area contributed by atoms with Gasteiger partial charge in [-0.25, -0.2) is 19.9 Å². The molecule has 12 aromatic rings. The van der Waals surface area contributed by atoms with Crippen LogP contribution in [-0.4, -0.2) is 194 Å². The fourth-order valence-electron chi connectivity index (χ4n) is 19.5. The number of amides is 5. The predicted octanol–water partition coefficient (Wildman–Crippen LogP) is 18.0. The Morgan fingerprint density at radius 2 is 0.659 bits per heavy atom. The second-order valence-corrected chi connectivity index (χ2v) is 37.0. The summed E-state index contributed by atoms with van der Waals surface area (Å²) in [5.41, 5.74) is 14.9. The minimum absolute atomic E-state index is 0.0344. The summed E-state index contributed by atoms with van der Waals surface area (Å²) in [6, 6.07) is 53.2. The minimum Gasteiger partial charge on any atom is -0.488 e. The highest BCUT2D eigenvalue weighted by molar-refractivity contribution is 6.35. The molecule has 7 saturated heterocycles. The Labute approximate surface area is 779 Å². The zero-order valence-corrected chi connectivity index (χ0v) is 78.3. The summed E-state index contributed by atoms with van der Waals surface area (Å²) in [6.07, 6.45) is 19.3. The Morgan fingerprint density at radius 1 is 0.348 bits per heavy atom. The molecule has 4 unspecified atom stereocenters. The molecule has 7 fully saturated rings. The van der Waals surface area contributed by atoms with Gasteiger partial charge in [0, 0.05) is 119 Å². The average molecular weight is 1810 g/mol. The van der Waals surface area contributed by atoms with Gasteiger partial charge in [-0.2, -0.15) is 0 Å². The summed E-state index contributed by atoms with van der Waals surface area (Å²) in [7, 11) is 0. The number of piperidine rings is 3. The lowest BCUT2D eigenvalue weighted by molar-refractivity contribution is -0.130. The topological polar surface area (TPSA) is 299 Å². The number of hydrogen-bond acceptors (Lipinski definition) is 18. The Bertz CT molecular complexity index is 5970. The van der Waals surface area contributed by atoms with Gasteiger partial charge in [0.1, 0.15) is 52.1 Å². The van der Waals surface area contributed by atoms with E-state index in [4.69, 9.17) is 45.7 Å². The largest absolute Gasteiger partial charge is 0.488 e. The normalized spacial score (nSPS) is 19.2. The molecule has 4 atom stereocenters. The van der Waals surface area contributed by atoms with Gasteiger partial charge < -0.3 is 68.9 Å². The number of para-hydroxylation sites is 3. The summed E-state index contributed by atoms with van der Waals surface area (Å²) in [5.74, 6) is 4.30. The highest BCUT2D eigenvalue weighted by Crippen LogP contribution is 2.41. The number of fused-ring (bicyclic) bond motifs is 4. The van der Waals surface area contributed by atoms with Crippen LogP contribution in [-0.2, 0) is 4.79 Å². The highest BCUT2D eigenvalue weighted by atomic mass is 35.5. The number of nitrogens with zero attached hydrogens (tertiary/aromatic N) is 10. The molecular formula is C104H130ClN19O8. The number of carbonyl (C=O) groups is 5. The molecule has 7 aliphatic heterocycles. The number of nitrogens with one attached hydrogen (secondary N) is 9. The van der Waals surface area contributed by atoms with Crippen molar-refractivity contribution in [2.75, 3.05) is 119 Å². The minimum atomic E-state index is -0.170. The third-order valence-corrected chi connectivity index (χ3v) is 26.8. The molecule has 11 heterocycles. The quantitative estimate of drug-likeness (QED) is 0.0363. The molecule has 4 aromatic heterocycles. The zero-order chi connectivity index (χ0) is 91.6. The van der Waals surface area contributed by atoms with E-state index in [1.54, 1.807) is 6.92 Å². The van der Waals surface area contributed by atoms with Crippen LogP contribution in [0.5, 0.6) is 17.2 Å². The standard InChI is InChI=1S/C28H35N5O3.C28H37N5O2.C26H33N5O2.C22H25ClN4O/c1-19-7-5-8-21(17-19)27(35)31-28-30-24-10-6-11-25(36-23-12-15-32(16-13-23)20(2)34)26(24)33(28)22-9-3-4-14-29-18-22;1-3-32-16-13-23(14-17-32)35-25-12-7-11-24-26(25)33(22-10-4-5-15-29-19-22)28(30-24)31-27(34)21-9-6-8-20(2)18-21;1-18-6-4-7-19(16-18)25(32)30-26-29-22-9-5-10-23(33-21-11-14-27-15-12-21)24(22)31(26)20-8-2-3-13-28-17-20;1-14-6-5-7-16(10-14)21(28)26-22-25-19-12-15(2)11-18(23)20(19)27(22)17-8-3-4-9-24-13-17/h5-8,10-11,17,22-23,29H,3-4,9,12-16,18H2,1-2H3,(H,30,31,35);6-9,11-12,18,22-23,29H,3-5,10,13-17,19H2,1-2H3,(H,30,31,34);4-7,9-10,16,20-21,27-28H,2-3,8,11-15,17H2,1H3,(H,29,30,32);5-7,10-12,17,24H,3-4,8-9,13H2,1-2H3,(H,25,26,28). The zero-order valence-electron chi connectivity index (χ0n) is 77.6. The molecule has 8 aromatic carbocycles. The number of aryl methyl sites for hydroxylation is 5. The van der Waals surface area contributed by atoms with Gasteiger partial charge in [-0.1, -0.05) is 133 Å². The smallest absolute Gasteiger partial charge is 0.257 e. The van der Waals surface area contributed by atoms with E-state index in [0.717, 1.165) is 290 Å².